The van der Waals surface area contributed by atoms with E-state index in [1.807, 2.05) is 48.6 Å². The molecule has 2 unspecified atom stereocenters. The van der Waals surface area contributed by atoms with E-state index in [9.17, 15) is 18.0 Å². The molecule has 1 N–H and O–H groups in total. The van der Waals surface area contributed by atoms with E-state index in [0.717, 1.165) is 35.1 Å². The summed E-state index contributed by atoms with van der Waals surface area (Å²) < 4.78 is 39.8. The van der Waals surface area contributed by atoms with Crippen LogP contribution in [-0.2, 0) is 51.0 Å². The number of benzene rings is 1. The van der Waals surface area contributed by atoms with Gasteiger partial charge in [0.2, 0.25) is 15.0 Å². The van der Waals surface area contributed by atoms with Gasteiger partial charge in [0.1, 0.15) is 17.0 Å². The van der Waals surface area contributed by atoms with Crippen molar-refractivity contribution in [2.24, 2.45) is 0 Å². The minimum absolute atomic E-state index is 0.174. The van der Waals surface area contributed by atoms with Gasteiger partial charge in [-0.25, -0.2) is 23.2 Å². The number of hydrogen-bond acceptors (Lipinski definition) is 10. The molecule has 1 aliphatic carbocycles. The van der Waals surface area contributed by atoms with Crippen LogP contribution in [0.2, 0.25) is 0 Å². The predicted molar refractivity (Wildman–Crippen MR) is 171 cm³/mol. The number of rotatable bonds is 4. The number of carbonyl (C=O) groups is 2. The Morgan fingerprint density at radius 3 is 2.61 bits per heavy atom. The van der Waals surface area contributed by atoms with Gasteiger partial charge in [0.15, 0.2) is 5.69 Å². The highest BCUT2D eigenvalue weighted by Gasteiger charge is 2.47. The summed E-state index contributed by atoms with van der Waals surface area (Å²) in [5, 5.41) is 7.14. The van der Waals surface area contributed by atoms with Crippen LogP contribution in [0, 0.1) is 0 Å². The molecule has 0 fully saturated rings. The lowest BCUT2D eigenvalue weighted by Gasteiger charge is -2.37. The maximum atomic E-state index is 12.9. The molecule has 46 heavy (non-hydrogen) atoms. The van der Waals surface area contributed by atoms with Gasteiger partial charge in [-0.2, -0.15) is 5.10 Å². The number of sulfone groups is 1. The Morgan fingerprint density at radius 1 is 1.15 bits per heavy atom. The lowest BCUT2D eigenvalue weighted by Crippen LogP contribution is -2.37. The average molecular weight is 652 g/mol. The minimum atomic E-state index is -3.74. The summed E-state index contributed by atoms with van der Waals surface area (Å²) in [6.07, 6.45) is 2.32. The SMILES string of the molecule is CC1CC2(Cc3nc(S(C)(=O)=O)nc(N4CCCn5nc(C(=O)N(C)C)cc5C4)c3CO2)c2cc(NC(=O)OC(C)(C)C)ccc21. The van der Waals surface area contributed by atoms with Crippen molar-refractivity contribution in [2.45, 2.75) is 88.9 Å². The van der Waals surface area contributed by atoms with Gasteiger partial charge in [0, 0.05) is 51.1 Å². The van der Waals surface area contributed by atoms with Gasteiger partial charge in [-0.05, 0) is 68.9 Å². The van der Waals surface area contributed by atoms with Crippen LogP contribution in [0.25, 0.3) is 0 Å². The second-order valence-electron chi connectivity index (χ2n) is 13.7. The summed E-state index contributed by atoms with van der Waals surface area (Å²) in [6, 6.07) is 7.58. The molecule has 2 atom stereocenters. The van der Waals surface area contributed by atoms with E-state index in [-0.39, 0.29) is 23.6 Å². The largest absolute Gasteiger partial charge is 0.444 e. The van der Waals surface area contributed by atoms with E-state index in [4.69, 9.17) is 9.47 Å². The van der Waals surface area contributed by atoms with Crippen molar-refractivity contribution >= 4 is 33.3 Å². The molecule has 2 amide bonds. The summed E-state index contributed by atoms with van der Waals surface area (Å²) in [7, 11) is -0.368. The van der Waals surface area contributed by atoms with Crippen LogP contribution < -0.4 is 10.2 Å². The van der Waals surface area contributed by atoms with Gasteiger partial charge in [0.05, 0.1) is 24.5 Å². The van der Waals surface area contributed by atoms with Crippen LogP contribution in [-0.4, -0.2) is 77.6 Å². The highest BCUT2D eigenvalue weighted by atomic mass is 32.2. The second-order valence-corrected chi connectivity index (χ2v) is 15.6. The van der Waals surface area contributed by atoms with Gasteiger partial charge in [-0.15, -0.1) is 0 Å². The maximum Gasteiger partial charge on any atom is 0.412 e. The summed E-state index contributed by atoms with van der Waals surface area (Å²) in [4.78, 5) is 37.9. The number of ether oxygens (including phenoxy) is 2. The molecule has 2 aliphatic heterocycles. The van der Waals surface area contributed by atoms with Gasteiger partial charge in [0.25, 0.3) is 5.91 Å². The lowest BCUT2D eigenvalue weighted by molar-refractivity contribution is -0.0753. The fraction of sp³-hybridized carbons (Fsp3) is 0.531. The lowest BCUT2D eigenvalue weighted by atomic mass is 9.86. The number of anilines is 2. The molecule has 0 bridgehead atoms. The van der Waals surface area contributed by atoms with Crippen molar-refractivity contribution in [1.29, 1.82) is 0 Å². The molecule has 4 heterocycles. The van der Waals surface area contributed by atoms with E-state index >= 15 is 0 Å². The Morgan fingerprint density at radius 2 is 1.91 bits per heavy atom. The third kappa shape index (κ3) is 6.07. The molecule has 3 aliphatic rings. The first-order valence-electron chi connectivity index (χ1n) is 15.4. The number of aryl methyl sites for hydroxylation is 1. The summed E-state index contributed by atoms with van der Waals surface area (Å²) >= 11 is 0. The molecule has 6 rings (SSSR count). The van der Waals surface area contributed by atoms with Crippen LogP contribution in [0.15, 0.2) is 29.4 Å². The van der Waals surface area contributed by atoms with Crippen molar-refractivity contribution in [3.8, 4) is 0 Å². The van der Waals surface area contributed by atoms with Crippen molar-refractivity contribution in [3.05, 3.63) is 58.0 Å². The van der Waals surface area contributed by atoms with Gasteiger partial charge in [-0.3, -0.25) is 14.8 Å². The zero-order valence-corrected chi connectivity index (χ0v) is 28.2. The van der Waals surface area contributed by atoms with E-state index in [2.05, 4.69) is 27.3 Å². The van der Waals surface area contributed by atoms with Crippen LogP contribution in [0.1, 0.15) is 85.0 Å². The number of fused-ring (bicyclic) bond motifs is 4. The third-order valence-corrected chi connectivity index (χ3v) is 9.47. The summed E-state index contributed by atoms with van der Waals surface area (Å²) in [6.45, 7) is 9.37. The van der Waals surface area contributed by atoms with Crippen molar-refractivity contribution < 1.29 is 27.5 Å². The number of carbonyl (C=O) groups excluding carboxylic acids is 2. The number of aromatic nitrogens is 4. The Labute approximate surface area is 269 Å². The van der Waals surface area contributed by atoms with Crippen molar-refractivity contribution in [1.82, 2.24) is 24.6 Å². The first-order valence-corrected chi connectivity index (χ1v) is 17.3. The molecule has 3 aromatic rings. The summed E-state index contributed by atoms with van der Waals surface area (Å²) in [5.41, 5.74) is 3.83. The molecule has 1 spiro atoms. The molecule has 246 valence electrons. The van der Waals surface area contributed by atoms with E-state index in [1.54, 1.807) is 20.2 Å². The zero-order chi connectivity index (χ0) is 33.2. The first kappa shape index (κ1) is 31.9. The van der Waals surface area contributed by atoms with Crippen LogP contribution in [0.5, 0.6) is 0 Å². The highest BCUT2D eigenvalue weighted by Crippen LogP contribution is 2.52. The molecule has 0 radical (unpaired) electrons. The zero-order valence-electron chi connectivity index (χ0n) is 27.4. The smallest absolute Gasteiger partial charge is 0.412 e. The average Bonchev–Trinajstić information content (AvgIpc) is 3.39. The number of hydrogen-bond donors (Lipinski definition) is 1. The van der Waals surface area contributed by atoms with E-state index in [0.29, 0.717) is 55.4 Å². The fourth-order valence-electron chi connectivity index (χ4n) is 6.62. The normalized spacial score (nSPS) is 20.8. The van der Waals surface area contributed by atoms with Crippen molar-refractivity contribution in [3.63, 3.8) is 0 Å². The van der Waals surface area contributed by atoms with Crippen LogP contribution >= 0.6 is 0 Å². The molecular formula is C32H41N7O6S. The second kappa shape index (κ2) is 11.3. The van der Waals surface area contributed by atoms with Gasteiger partial charge in [-0.1, -0.05) is 13.0 Å². The highest BCUT2D eigenvalue weighted by molar-refractivity contribution is 7.90. The molecule has 13 nitrogen and oxygen atoms in total. The Hall–Kier alpha value is -4.04. The van der Waals surface area contributed by atoms with Gasteiger partial charge < -0.3 is 19.3 Å². The summed E-state index contributed by atoms with van der Waals surface area (Å²) in [5.74, 6) is 0.509. The molecule has 1 aromatic carbocycles. The van der Waals surface area contributed by atoms with E-state index < -0.39 is 27.1 Å². The topological polar surface area (TPSA) is 149 Å². The Balaban J connectivity index is 1.36. The van der Waals surface area contributed by atoms with Crippen molar-refractivity contribution in [2.75, 3.05) is 37.1 Å². The van der Waals surface area contributed by atoms with Crippen LogP contribution in [0.3, 0.4) is 0 Å². The van der Waals surface area contributed by atoms with Gasteiger partial charge >= 0.3 is 6.09 Å². The number of amides is 2. The number of nitrogens with one attached hydrogen (secondary N) is 1. The standard InChI is InChI=1S/C32H41N7O6S/c1-19-15-32(24-13-20(9-10-22(19)24)33-30(41)45-31(2,3)4)16-26-23(18-44-32)27(35-29(34-26)46(7,42)43)38-11-8-12-39-21(17-38)14-25(36-39)28(40)37(5)6/h9-10,13-14,19H,8,11-12,15-18H2,1-7H3,(H,33,41). The molecule has 0 saturated carbocycles. The monoisotopic (exact) mass is 651 g/mol. The molecule has 14 heteroatoms. The maximum absolute atomic E-state index is 12.9. The third-order valence-electron chi connectivity index (χ3n) is 8.62. The fourth-order valence-corrected chi connectivity index (χ4v) is 7.15. The minimum Gasteiger partial charge on any atom is -0.444 e. The Bertz CT molecular complexity index is 1830. The van der Waals surface area contributed by atoms with E-state index in [1.165, 1.54) is 4.90 Å². The van der Waals surface area contributed by atoms with Crippen LogP contribution in [0.4, 0.5) is 16.3 Å². The predicted octanol–water partition coefficient (Wildman–Crippen LogP) is 4.01. The number of nitrogens with zero attached hydrogens (tertiary/aromatic N) is 6. The molecule has 0 saturated heterocycles. The molecular weight excluding hydrogens is 610 g/mol. The quantitative estimate of drug-likeness (QED) is 0.410. The first-order chi connectivity index (χ1) is 21.5. The Kier molecular flexibility index (Phi) is 7.87. The molecule has 2 aromatic heterocycles.